The standard InChI is InChI=1S/C20H19N5O3/c1-13(25-22-18(21-23-25)15-5-3-2-4-6-15)19(26)24-10-9-14-7-8-16(20(27)28)11-17(14)12-24/h2-8,11,13H,9-10,12H2,1H3,(H,27,28). The van der Waals surface area contributed by atoms with Crippen molar-refractivity contribution in [3.05, 3.63) is 65.2 Å². The number of rotatable bonds is 4. The minimum Gasteiger partial charge on any atom is -0.478 e. The van der Waals surface area contributed by atoms with Crippen LogP contribution < -0.4 is 0 Å². The molecule has 142 valence electrons. The van der Waals surface area contributed by atoms with Crippen LogP contribution in [0.2, 0.25) is 0 Å². The van der Waals surface area contributed by atoms with Crippen LogP contribution in [0.15, 0.2) is 48.5 Å². The largest absolute Gasteiger partial charge is 0.478 e. The molecule has 28 heavy (non-hydrogen) atoms. The number of carbonyl (C=O) groups is 2. The average molecular weight is 377 g/mol. The molecule has 1 atom stereocenters. The van der Waals surface area contributed by atoms with Crippen LogP contribution in [0.1, 0.15) is 34.5 Å². The first-order valence-electron chi connectivity index (χ1n) is 9.02. The number of hydrogen-bond donors (Lipinski definition) is 1. The Kier molecular flexibility index (Phi) is 4.60. The lowest BCUT2D eigenvalue weighted by molar-refractivity contribution is -0.135. The van der Waals surface area contributed by atoms with Crippen molar-refractivity contribution in [2.24, 2.45) is 0 Å². The lowest BCUT2D eigenvalue weighted by atomic mass is 9.97. The number of aromatic carboxylic acids is 1. The van der Waals surface area contributed by atoms with Crippen LogP contribution in [-0.2, 0) is 17.8 Å². The van der Waals surface area contributed by atoms with Crippen LogP contribution in [-0.4, -0.2) is 48.6 Å². The zero-order chi connectivity index (χ0) is 19.7. The molecule has 2 aromatic carbocycles. The lowest BCUT2D eigenvalue weighted by Crippen LogP contribution is -2.40. The second-order valence-corrected chi connectivity index (χ2v) is 6.77. The molecule has 0 fully saturated rings. The predicted molar refractivity (Wildman–Crippen MR) is 100 cm³/mol. The molecule has 1 aromatic heterocycles. The van der Waals surface area contributed by atoms with Gasteiger partial charge in [0.25, 0.3) is 0 Å². The minimum atomic E-state index is -0.972. The monoisotopic (exact) mass is 377 g/mol. The van der Waals surface area contributed by atoms with Gasteiger partial charge in [-0.1, -0.05) is 36.4 Å². The van der Waals surface area contributed by atoms with E-state index in [1.54, 1.807) is 24.0 Å². The van der Waals surface area contributed by atoms with Crippen LogP contribution in [0, 0.1) is 0 Å². The van der Waals surface area contributed by atoms with Gasteiger partial charge in [-0.15, -0.1) is 10.2 Å². The van der Waals surface area contributed by atoms with Crippen molar-refractivity contribution in [3.63, 3.8) is 0 Å². The molecule has 0 spiro atoms. The molecular formula is C20H19N5O3. The third kappa shape index (κ3) is 3.36. The smallest absolute Gasteiger partial charge is 0.335 e. The fraction of sp³-hybridized carbons (Fsp3) is 0.250. The Morgan fingerprint density at radius 1 is 1.11 bits per heavy atom. The highest BCUT2D eigenvalue weighted by Gasteiger charge is 2.27. The predicted octanol–water partition coefficient (Wildman–Crippen LogP) is 2.18. The third-order valence-corrected chi connectivity index (χ3v) is 4.94. The molecule has 0 bridgehead atoms. The Morgan fingerprint density at radius 3 is 2.64 bits per heavy atom. The van der Waals surface area contributed by atoms with Crippen LogP contribution in [0.4, 0.5) is 0 Å². The van der Waals surface area contributed by atoms with Gasteiger partial charge < -0.3 is 10.0 Å². The second kappa shape index (κ2) is 7.22. The molecule has 1 amide bonds. The van der Waals surface area contributed by atoms with Crippen molar-refractivity contribution in [1.29, 1.82) is 0 Å². The maximum absolute atomic E-state index is 13.0. The van der Waals surface area contributed by atoms with E-state index in [4.69, 9.17) is 0 Å². The summed E-state index contributed by atoms with van der Waals surface area (Å²) in [5.41, 5.74) is 3.00. The number of carboxylic acid groups (broad SMARTS) is 1. The van der Waals surface area contributed by atoms with Gasteiger partial charge in [0.15, 0.2) is 0 Å². The highest BCUT2D eigenvalue weighted by atomic mass is 16.4. The fourth-order valence-electron chi connectivity index (χ4n) is 3.33. The summed E-state index contributed by atoms with van der Waals surface area (Å²) in [6, 6.07) is 13.9. The van der Waals surface area contributed by atoms with Gasteiger partial charge >= 0.3 is 5.97 Å². The normalized spacial score (nSPS) is 14.4. The number of tetrazole rings is 1. The van der Waals surface area contributed by atoms with Crippen LogP contribution in [0.3, 0.4) is 0 Å². The summed E-state index contributed by atoms with van der Waals surface area (Å²) in [6.45, 7) is 2.69. The van der Waals surface area contributed by atoms with E-state index in [-0.39, 0.29) is 11.5 Å². The maximum Gasteiger partial charge on any atom is 0.335 e. The first-order valence-corrected chi connectivity index (χ1v) is 9.02. The molecule has 0 aliphatic carbocycles. The minimum absolute atomic E-state index is 0.122. The van der Waals surface area contributed by atoms with Gasteiger partial charge in [0, 0.05) is 18.7 Å². The molecule has 1 aliphatic rings. The number of carboxylic acids is 1. The molecule has 1 unspecified atom stereocenters. The summed E-state index contributed by atoms with van der Waals surface area (Å²) in [4.78, 5) is 27.2. The number of hydrogen-bond acceptors (Lipinski definition) is 5. The highest BCUT2D eigenvalue weighted by molar-refractivity contribution is 5.88. The van der Waals surface area contributed by atoms with Gasteiger partial charge in [0.2, 0.25) is 11.7 Å². The van der Waals surface area contributed by atoms with Gasteiger partial charge in [-0.25, -0.2) is 4.79 Å². The molecule has 0 saturated carbocycles. The number of aromatic nitrogens is 4. The molecule has 0 saturated heterocycles. The van der Waals surface area contributed by atoms with E-state index in [0.29, 0.717) is 25.3 Å². The van der Waals surface area contributed by atoms with Crippen molar-refractivity contribution < 1.29 is 14.7 Å². The van der Waals surface area contributed by atoms with Gasteiger partial charge in [0.1, 0.15) is 6.04 Å². The van der Waals surface area contributed by atoms with Crippen molar-refractivity contribution in [2.75, 3.05) is 6.54 Å². The molecule has 0 radical (unpaired) electrons. The molecule has 1 aliphatic heterocycles. The summed E-state index contributed by atoms with van der Waals surface area (Å²) in [5.74, 6) is -0.626. The van der Waals surface area contributed by atoms with Gasteiger partial charge in [-0.3, -0.25) is 4.79 Å². The van der Waals surface area contributed by atoms with Crippen LogP contribution >= 0.6 is 0 Å². The maximum atomic E-state index is 13.0. The number of carbonyl (C=O) groups excluding carboxylic acids is 1. The SMILES string of the molecule is CC(C(=O)N1CCc2ccc(C(=O)O)cc2C1)n1nnc(-c2ccccc2)n1. The Morgan fingerprint density at radius 2 is 1.89 bits per heavy atom. The molecule has 4 rings (SSSR count). The number of nitrogens with zero attached hydrogens (tertiary/aromatic N) is 5. The van der Waals surface area contributed by atoms with Crippen LogP contribution in [0.25, 0.3) is 11.4 Å². The van der Waals surface area contributed by atoms with E-state index in [1.165, 1.54) is 4.80 Å². The first-order chi connectivity index (χ1) is 13.5. The van der Waals surface area contributed by atoms with Crippen molar-refractivity contribution in [1.82, 2.24) is 25.1 Å². The quantitative estimate of drug-likeness (QED) is 0.748. The van der Waals surface area contributed by atoms with Gasteiger partial charge in [0.05, 0.1) is 5.56 Å². The molecule has 1 N–H and O–H groups in total. The second-order valence-electron chi connectivity index (χ2n) is 6.77. The molecule has 2 heterocycles. The Hall–Kier alpha value is -3.55. The van der Waals surface area contributed by atoms with Crippen LogP contribution in [0.5, 0.6) is 0 Å². The Labute approximate surface area is 161 Å². The molecule has 3 aromatic rings. The molecular weight excluding hydrogens is 358 g/mol. The van der Waals surface area contributed by atoms with E-state index < -0.39 is 12.0 Å². The molecule has 8 heteroatoms. The summed E-state index contributed by atoms with van der Waals surface area (Å²) in [7, 11) is 0. The van der Waals surface area contributed by atoms with E-state index >= 15 is 0 Å². The van der Waals surface area contributed by atoms with E-state index in [1.807, 2.05) is 36.4 Å². The highest BCUT2D eigenvalue weighted by Crippen LogP contribution is 2.23. The topological polar surface area (TPSA) is 101 Å². The zero-order valence-corrected chi connectivity index (χ0v) is 15.3. The van der Waals surface area contributed by atoms with Gasteiger partial charge in [-0.2, -0.15) is 4.80 Å². The number of benzene rings is 2. The average Bonchev–Trinajstić information content (AvgIpc) is 3.22. The summed E-state index contributed by atoms with van der Waals surface area (Å²) < 4.78 is 0. The first kappa shape index (κ1) is 17.8. The number of amides is 1. The summed E-state index contributed by atoms with van der Waals surface area (Å²) in [6.07, 6.45) is 0.688. The third-order valence-electron chi connectivity index (χ3n) is 4.94. The van der Waals surface area contributed by atoms with E-state index in [9.17, 15) is 14.7 Å². The zero-order valence-electron chi connectivity index (χ0n) is 15.3. The van der Waals surface area contributed by atoms with Crippen molar-refractivity contribution in [2.45, 2.75) is 25.9 Å². The summed E-state index contributed by atoms with van der Waals surface area (Å²) >= 11 is 0. The Bertz CT molecular complexity index is 1030. The summed E-state index contributed by atoms with van der Waals surface area (Å²) in [5, 5.41) is 21.6. The van der Waals surface area contributed by atoms with Gasteiger partial charge in [-0.05, 0) is 41.8 Å². The van der Waals surface area contributed by atoms with Crippen molar-refractivity contribution in [3.8, 4) is 11.4 Å². The van der Waals surface area contributed by atoms with Crippen molar-refractivity contribution >= 4 is 11.9 Å². The Balaban J connectivity index is 1.51. The van der Waals surface area contributed by atoms with E-state index in [2.05, 4.69) is 15.4 Å². The van der Waals surface area contributed by atoms with E-state index in [0.717, 1.165) is 16.7 Å². The molecule has 8 nitrogen and oxygen atoms in total. The fourth-order valence-corrected chi connectivity index (χ4v) is 3.33. The number of fused-ring (bicyclic) bond motifs is 1. The lowest BCUT2D eigenvalue weighted by Gasteiger charge is -2.30.